The maximum absolute atomic E-state index is 4.29. The van der Waals surface area contributed by atoms with Crippen LogP contribution in [0.5, 0.6) is 0 Å². The summed E-state index contributed by atoms with van der Waals surface area (Å²) in [7, 11) is 0. The van der Waals surface area contributed by atoms with E-state index in [0.717, 1.165) is 19.0 Å². The molecule has 0 spiro atoms. The Bertz CT molecular complexity index is 278. The fourth-order valence-electron chi connectivity index (χ4n) is 2.21. The van der Waals surface area contributed by atoms with Gasteiger partial charge in [0.2, 0.25) is 0 Å². The van der Waals surface area contributed by atoms with E-state index in [2.05, 4.69) is 27.5 Å². The van der Waals surface area contributed by atoms with Crippen molar-refractivity contribution >= 4 is 11.3 Å². The molecule has 0 aromatic carbocycles. The second kappa shape index (κ2) is 6.33. The molecule has 16 heavy (non-hydrogen) atoms. The Kier molecular flexibility index (Phi) is 4.75. The first-order valence-electron chi connectivity index (χ1n) is 6.22. The predicted molar refractivity (Wildman–Crippen MR) is 69.0 cm³/mol. The average Bonchev–Trinajstić information content (AvgIpc) is 2.83. The number of hydrogen-bond acceptors (Lipinski definition) is 4. The molecule has 0 atom stereocenters. The third-order valence-electron chi connectivity index (χ3n) is 3.29. The van der Waals surface area contributed by atoms with Gasteiger partial charge in [0, 0.05) is 30.6 Å². The van der Waals surface area contributed by atoms with Crippen molar-refractivity contribution in [1.29, 1.82) is 0 Å². The van der Waals surface area contributed by atoms with Crippen LogP contribution in [0.2, 0.25) is 0 Å². The molecule has 0 radical (unpaired) electrons. The molecule has 1 fully saturated rings. The van der Waals surface area contributed by atoms with Gasteiger partial charge in [-0.25, -0.2) is 4.98 Å². The van der Waals surface area contributed by atoms with Gasteiger partial charge >= 0.3 is 0 Å². The van der Waals surface area contributed by atoms with Crippen LogP contribution in [0.1, 0.15) is 24.8 Å². The van der Waals surface area contributed by atoms with E-state index >= 15 is 0 Å². The molecule has 1 N–H and O–H groups in total. The number of likely N-dealkylation sites (tertiary alicyclic amines) is 1. The van der Waals surface area contributed by atoms with Crippen molar-refractivity contribution in [2.45, 2.75) is 32.2 Å². The summed E-state index contributed by atoms with van der Waals surface area (Å²) in [6.45, 7) is 7.03. The maximum Gasteiger partial charge on any atom is 0.0937 e. The van der Waals surface area contributed by atoms with E-state index in [-0.39, 0.29) is 0 Å². The zero-order valence-electron chi connectivity index (χ0n) is 9.98. The lowest BCUT2D eigenvalue weighted by atomic mass is 10.1. The van der Waals surface area contributed by atoms with Crippen LogP contribution in [0, 0.1) is 0 Å². The number of piperidine rings is 1. The Morgan fingerprint density at radius 2 is 2.31 bits per heavy atom. The van der Waals surface area contributed by atoms with Crippen molar-refractivity contribution in [3.8, 4) is 0 Å². The van der Waals surface area contributed by atoms with Crippen LogP contribution in [0.25, 0.3) is 0 Å². The first-order chi connectivity index (χ1) is 7.88. The lowest BCUT2D eigenvalue weighted by molar-refractivity contribution is 0.207. The second-order valence-electron chi connectivity index (χ2n) is 4.34. The maximum atomic E-state index is 4.29. The van der Waals surface area contributed by atoms with Gasteiger partial charge in [-0.1, -0.05) is 6.92 Å². The third-order valence-corrected chi connectivity index (χ3v) is 4.13. The molecular weight excluding hydrogens is 218 g/mol. The van der Waals surface area contributed by atoms with Crippen LogP contribution in [0.3, 0.4) is 0 Å². The van der Waals surface area contributed by atoms with E-state index in [1.807, 2.05) is 6.20 Å². The fourth-order valence-corrected chi connectivity index (χ4v) is 2.83. The van der Waals surface area contributed by atoms with E-state index in [4.69, 9.17) is 0 Å². The SMILES string of the molecule is CCN1CCC(NCCc2nccs2)CC1. The van der Waals surface area contributed by atoms with Gasteiger partial charge in [0.25, 0.3) is 0 Å². The molecule has 0 aliphatic carbocycles. The van der Waals surface area contributed by atoms with Crippen molar-refractivity contribution in [2.24, 2.45) is 0 Å². The molecule has 90 valence electrons. The Hall–Kier alpha value is -0.450. The van der Waals surface area contributed by atoms with Crippen molar-refractivity contribution in [3.05, 3.63) is 16.6 Å². The van der Waals surface area contributed by atoms with Crippen LogP contribution >= 0.6 is 11.3 Å². The summed E-state index contributed by atoms with van der Waals surface area (Å²) in [5.74, 6) is 0. The highest BCUT2D eigenvalue weighted by Gasteiger charge is 2.16. The molecule has 4 heteroatoms. The lowest BCUT2D eigenvalue weighted by Crippen LogP contribution is -2.42. The normalized spacial score (nSPS) is 19.1. The standard InChI is InChI=1S/C12H21N3S/c1-2-15-8-4-11(5-9-15)13-6-3-12-14-7-10-16-12/h7,10-11,13H,2-6,8-9H2,1H3. The summed E-state index contributed by atoms with van der Waals surface area (Å²) in [5, 5.41) is 6.94. The molecule has 2 heterocycles. The number of rotatable bonds is 5. The quantitative estimate of drug-likeness (QED) is 0.848. The zero-order valence-corrected chi connectivity index (χ0v) is 10.8. The van der Waals surface area contributed by atoms with Gasteiger partial charge in [0.05, 0.1) is 5.01 Å². The number of hydrogen-bond donors (Lipinski definition) is 1. The van der Waals surface area contributed by atoms with E-state index in [1.54, 1.807) is 11.3 Å². The van der Waals surface area contributed by atoms with Crippen molar-refractivity contribution < 1.29 is 0 Å². The van der Waals surface area contributed by atoms with Gasteiger partial charge in [-0.2, -0.15) is 0 Å². The van der Waals surface area contributed by atoms with Crippen molar-refractivity contribution in [1.82, 2.24) is 15.2 Å². The third kappa shape index (κ3) is 3.54. The van der Waals surface area contributed by atoms with Crippen LogP contribution in [0.4, 0.5) is 0 Å². The van der Waals surface area contributed by atoms with Crippen molar-refractivity contribution in [2.75, 3.05) is 26.2 Å². The molecular formula is C12H21N3S. The number of nitrogens with one attached hydrogen (secondary N) is 1. The minimum absolute atomic E-state index is 0.725. The van der Waals surface area contributed by atoms with Crippen LogP contribution in [-0.2, 0) is 6.42 Å². The summed E-state index contributed by atoms with van der Waals surface area (Å²) in [4.78, 5) is 6.82. The van der Waals surface area contributed by atoms with Gasteiger partial charge in [-0.15, -0.1) is 11.3 Å². The summed E-state index contributed by atoms with van der Waals surface area (Å²) < 4.78 is 0. The summed E-state index contributed by atoms with van der Waals surface area (Å²) in [6.07, 6.45) is 5.56. The Balaban J connectivity index is 1.60. The van der Waals surface area contributed by atoms with E-state index in [0.29, 0.717) is 0 Å². The van der Waals surface area contributed by atoms with Crippen LogP contribution < -0.4 is 5.32 Å². The van der Waals surface area contributed by atoms with Gasteiger partial charge in [-0.3, -0.25) is 0 Å². The van der Waals surface area contributed by atoms with Crippen molar-refractivity contribution in [3.63, 3.8) is 0 Å². The predicted octanol–water partition coefficient (Wildman–Crippen LogP) is 1.76. The molecule has 0 amide bonds. The summed E-state index contributed by atoms with van der Waals surface area (Å²) in [6, 6.07) is 0.725. The molecule has 1 aromatic rings. The van der Waals surface area contributed by atoms with E-state index < -0.39 is 0 Å². The highest BCUT2D eigenvalue weighted by molar-refractivity contribution is 7.09. The van der Waals surface area contributed by atoms with Gasteiger partial charge < -0.3 is 10.2 Å². The molecule has 0 saturated carbocycles. The molecule has 3 nitrogen and oxygen atoms in total. The topological polar surface area (TPSA) is 28.2 Å². The smallest absolute Gasteiger partial charge is 0.0937 e. The highest BCUT2D eigenvalue weighted by Crippen LogP contribution is 2.10. The Morgan fingerprint density at radius 3 is 2.94 bits per heavy atom. The molecule has 1 aliphatic rings. The van der Waals surface area contributed by atoms with Crippen LogP contribution in [0.15, 0.2) is 11.6 Å². The summed E-state index contributed by atoms with van der Waals surface area (Å²) >= 11 is 1.75. The highest BCUT2D eigenvalue weighted by atomic mass is 32.1. The molecule has 1 aliphatic heterocycles. The first kappa shape index (κ1) is 12.0. The monoisotopic (exact) mass is 239 g/mol. The fraction of sp³-hybridized carbons (Fsp3) is 0.750. The summed E-state index contributed by atoms with van der Waals surface area (Å²) in [5.41, 5.74) is 0. The molecule has 1 saturated heterocycles. The first-order valence-corrected chi connectivity index (χ1v) is 7.10. The number of aromatic nitrogens is 1. The molecule has 1 aromatic heterocycles. The number of thiazole rings is 1. The van der Waals surface area contributed by atoms with Crippen LogP contribution in [-0.4, -0.2) is 42.1 Å². The molecule has 0 bridgehead atoms. The van der Waals surface area contributed by atoms with Gasteiger partial charge in [0.15, 0.2) is 0 Å². The van der Waals surface area contributed by atoms with E-state index in [9.17, 15) is 0 Å². The Morgan fingerprint density at radius 1 is 1.50 bits per heavy atom. The Labute approximate surface area is 102 Å². The zero-order chi connectivity index (χ0) is 11.2. The lowest BCUT2D eigenvalue weighted by Gasteiger charge is -2.31. The second-order valence-corrected chi connectivity index (χ2v) is 5.32. The minimum Gasteiger partial charge on any atom is -0.313 e. The molecule has 2 rings (SSSR count). The largest absolute Gasteiger partial charge is 0.313 e. The van der Waals surface area contributed by atoms with E-state index in [1.165, 1.54) is 37.5 Å². The van der Waals surface area contributed by atoms with Gasteiger partial charge in [0.1, 0.15) is 0 Å². The minimum atomic E-state index is 0.725. The number of nitrogens with zero attached hydrogens (tertiary/aromatic N) is 2. The average molecular weight is 239 g/mol. The van der Waals surface area contributed by atoms with Gasteiger partial charge in [-0.05, 0) is 32.5 Å². The molecule has 0 unspecified atom stereocenters.